The van der Waals surface area contributed by atoms with Crippen LogP contribution in [-0.2, 0) is 22.1 Å². The lowest BCUT2D eigenvalue weighted by Crippen LogP contribution is -2.23. The molecule has 0 spiro atoms. The standard InChI is InChI=1S/C21H19BrN2O4S/c1-29(26,27)14-16-6-4-15(5-7-16)13-24-20(25)19-3-2-12-23-21(19)28-18-10-8-17(22)9-11-18/h2-12H,13-14H2,1H3,(H,24,25). The van der Waals surface area contributed by atoms with Crippen LogP contribution < -0.4 is 10.1 Å². The van der Waals surface area contributed by atoms with E-state index in [2.05, 4.69) is 26.2 Å². The molecule has 29 heavy (non-hydrogen) atoms. The third-order valence-electron chi connectivity index (χ3n) is 3.95. The third kappa shape index (κ3) is 6.40. The van der Waals surface area contributed by atoms with Crippen molar-refractivity contribution in [3.63, 3.8) is 0 Å². The summed E-state index contributed by atoms with van der Waals surface area (Å²) in [7, 11) is -3.08. The second-order valence-electron chi connectivity index (χ2n) is 6.48. The summed E-state index contributed by atoms with van der Waals surface area (Å²) in [6.07, 6.45) is 2.76. The molecule has 0 unspecified atom stereocenters. The molecule has 0 saturated heterocycles. The summed E-state index contributed by atoms with van der Waals surface area (Å²) in [5, 5.41) is 2.83. The molecule has 3 rings (SSSR count). The number of ether oxygens (including phenoxy) is 1. The summed E-state index contributed by atoms with van der Waals surface area (Å²) >= 11 is 3.36. The van der Waals surface area contributed by atoms with E-state index in [4.69, 9.17) is 4.74 Å². The average Bonchev–Trinajstić information content (AvgIpc) is 2.68. The summed E-state index contributed by atoms with van der Waals surface area (Å²) in [5.41, 5.74) is 1.89. The Balaban J connectivity index is 1.66. The monoisotopic (exact) mass is 474 g/mol. The number of aromatic nitrogens is 1. The van der Waals surface area contributed by atoms with Gasteiger partial charge in [0.15, 0.2) is 9.84 Å². The third-order valence-corrected chi connectivity index (χ3v) is 5.34. The summed E-state index contributed by atoms with van der Waals surface area (Å²) in [6.45, 7) is 0.296. The normalized spacial score (nSPS) is 11.1. The lowest BCUT2D eigenvalue weighted by atomic mass is 10.1. The van der Waals surface area contributed by atoms with Crippen molar-refractivity contribution < 1.29 is 17.9 Å². The molecule has 0 fully saturated rings. The van der Waals surface area contributed by atoms with Crippen molar-refractivity contribution in [1.29, 1.82) is 0 Å². The maximum atomic E-state index is 12.6. The Morgan fingerprint density at radius 2 is 1.69 bits per heavy atom. The van der Waals surface area contributed by atoms with Crippen molar-refractivity contribution in [3.8, 4) is 11.6 Å². The molecule has 1 amide bonds. The van der Waals surface area contributed by atoms with E-state index >= 15 is 0 Å². The van der Waals surface area contributed by atoms with Gasteiger partial charge in [-0.2, -0.15) is 0 Å². The number of benzene rings is 2. The van der Waals surface area contributed by atoms with Gasteiger partial charge in [0.25, 0.3) is 5.91 Å². The Morgan fingerprint density at radius 1 is 1.03 bits per heavy atom. The molecule has 1 aromatic heterocycles. The highest BCUT2D eigenvalue weighted by molar-refractivity contribution is 9.10. The maximum Gasteiger partial charge on any atom is 0.257 e. The molecule has 0 aliphatic carbocycles. The van der Waals surface area contributed by atoms with Crippen LogP contribution in [0.5, 0.6) is 11.6 Å². The molecule has 150 valence electrons. The first kappa shape index (κ1) is 21.0. The van der Waals surface area contributed by atoms with Gasteiger partial charge in [-0.15, -0.1) is 0 Å². The smallest absolute Gasteiger partial charge is 0.257 e. The lowest BCUT2D eigenvalue weighted by molar-refractivity contribution is 0.0948. The van der Waals surface area contributed by atoms with Crippen molar-refractivity contribution in [1.82, 2.24) is 10.3 Å². The van der Waals surface area contributed by atoms with E-state index in [1.807, 2.05) is 12.1 Å². The molecule has 2 aromatic carbocycles. The molecule has 0 atom stereocenters. The van der Waals surface area contributed by atoms with Crippen molar-refractivity contribution >= 4 is 31.7 Å². The second kappa shape index (κ2) is 9.19. The van der Waals surface area contributed by atoms with Crippen LogP contribution in [0.15, 0.2) is 71.3 Å². The zero-order valence-corrected chi connectivity index (χ0v) is 18.0. The number of hydrogen-bond donors (Lipinski definition) is 1. The van der Waals surface area contributed by atoms with E-state index in [1.165, 1.54) is 6.26 Å². The molecule has 0 aliphatic heterocycles. The van der Waals surface area contributed by atoms with E-state index in [-0.39, 0.29) is 17.5 Å². The van der Waals surface area contributed by atoms with E-state index in [0.29, 0.717) is 23.4 Å². The molecule has 6 nitrogen and oxygen atoms in total. The Bertz CT molecular complexity index is 1100. The van der Waals surface area contributed by atoms with Gasteiger partial charge in [0.1, 0.15) is 11.3 Å². The van der Waals surface area contributed by atoms with Gasteiger partial charge in [0, 0.05) is 23.5 Å². The fourth-order valence-corrected chi connectivity index (χ4v) is 3.66. The molecular formula is C21H19BrN2O4S. The van der Waals surface area contributed by atoms with Gasteiger partial charge in [0.2, 0.25) is 5.88 Å². The van der Waals surface area contributed by atoms with Crippen molar-refractivity contribution in [3.05, 3.63) is 88.0 Å². The first-order valence-electron chi connectivity index (χ1n) is 8.72. The fraction of sp³-hybridized carbons (Fsp3) is 0.143. The number of hydrogen-bond acceptors (Lipinski definition) is 5. The largest absolute Gasteiger partial charge is 0.438 e. The van der Waals surface area contributed by atoms with Gasteiger partial charge in [-0.25, -0.2) is 13.4 Å². The zero-order chi connectivity index (χ0) is 20.9. The van der Waals surface area contributed by atoms with Crippen LogP contribution >= 0.6 is 15.9 Å². The van der Waals surface area contributed by atoms with Gasteiger partial charge >= 0.3 is 0 Å². The van der Waals surface area contributed by atoms with Gasteiger partial charge < -0.3 is 10.1 Å². The van der Waals surface area contributed by atoms with Crippen LogP contribution in [-0.4, -0.2) is 25.6 Å². The van der Waals surface area contributed by atoms with Gasteiger partial charge in [0.05, 0.1) is 5.75 Å². The summed E-state index contributed by atoms with van der Waals surface area (Å²) < 4.78 is 29.4. The molecule has 1 heterocycles. The molecular weight excluding hydrogens is 456 g/mol. The van der Waals surface area contributed by atoms with Crippen molar-refractivity contribution in [2.45, 2.75) is 12.3 Å². The van der Waals surface area contributed by atoms with Gasteiger partial charge in [-0.1, -0.05) is 40.2 Å². The lowest BCUT2D eigenvalue weighted by Gasteiger charge is -2.11. The van der Waals surface area contributed by atoms with Crippen LogP contribution in [0.3, 0.4) is 0 Å². The zero-order valence-electron chi connectivity index (χ0n) is 15.6. The van der Waals surface area contributed by atoms with E-state index < -0.39 is 9.84 Å². The molecule has 0 radical (unpaired) electrons. The number of amides is 1. The number of halogens is 1. The molecule has 8 heteroatoms. The van der Waals surface area contributed by atoms with Crippen LogP contribution in [0, 0.1) is 0 Å². The highest BCUT2D eigenvalue weighted by atomic mass is 79.9. The summed E-state index contributed by atoms with van der Waals surface area (Å²) in [5.74, 6) is 0.468. The predicted molar refractivity (Wildman–Crippen MR) is 115 cm³/mol. The van der Waals surface area contributed by atoms with Crippen molar-refractivity contribution in [2.24, 2.45) is 0 Å². The SMILES string of the molecule is CS(=O)(=O)Cc1ccc(CNC(=O)c2cccnc2Oc2ccc(Br)cc2)cc1. The number of carbonyl (C=O) groups is 1. The van der Waals surface area contributed by atoms with Crippen LogP contribution in [0.1, 0.15) is 21.5 Å². The van der Waals surface area contributed by atoms with Gasteiger partial charge in [-0.3, -0.25) is 4.79 Å². The number of rotatable bonds is 7. The minimum absolute atomic E-state index is 0.00786. The Labute approximate surface area is 178 Å². The molecule has 0 saturated carbocycles. The number of nitrogens with zero attached hydrogens (tertiary/aromatic N) is 1. The minimum Gasteiger partial charge on any atom is -0.438 e. The first-order valence-corrected chi connectivity index (χ1v) is 11.6. The maximum absolute atomic E-state index is 12.6. The van der Waals surface area contributed by atoms with Crippen LogP contribution in [0.25, 0.3) is 0 Å². The quantitative estimate of drug-likeness (QED) is 0.556. The van der Waals surface area contributed by atoms with Gasteiger partial charge in [-0.05, 0) is 47.5 Å². The van der Waals surface area contributed by atoms with E-state index in [9.17, 15) is 13.2 Å². The molecule has 0 bridgehead atoms. The average molecular weight is 475 g/mol. The van der Waals surface area contributed by atoms with Crippen LogP contribution in [0.4, 0.5) is 0 Å². The Hall–Kier alpha value is -2.71. The Morgan fingerprint density at radius 3 is 2.34 bits per heavy atom. The topological polar surface area (TPSA) is 85.4 Å². The molecule has 0 aliphatic rings. The molecule has 1 N–H and O–H groups in total. The summed E-state index contributed by atoms with van der Waals surface area (Å²) in [4.78, 5) is 16.8. The number of nitrogens with one attached hydrogen (secondary N) is 1. The first-order chi connectivity index (χ1) is 13.8. The Kier molecular flexibility index (Phi) is 6.66. The van der Waals surface area contributed by atoms with E-state index in [0.717, 1.165) is 10.0 Å². The highest BCUT2D eigenvalue weighted by Gasteiger charge is 2.14. The minimum atomic E-state index is -3.08. The second-order valence-corrected chi connectivity index (χ2v) is 9.54. The van der Waals surface area contributed by atoms with Crippen molar-refractivity contribution in [2.75, 3.05) is 6.26 Å². The van der Waals surface area contributed by atoms with E-state index in [1.54, 1.807) is 54.7 Å². The number of pyridine rings is 1. The molecule has 3 aromatic rings. The predicted octanol–water partition coefficient (Wildman–Crippen LogP) is 4.11. The highest BCUT2D eigenvalue weighted by Crippen LogP contribution is 2.24. The number of carbonyl (C=O) groups excluding carboxylic acids is 1. The summed E-state index contributed by atoms with van der Waals surface area (Å²) in [6, 6.07) is 17.6. The number of sulfone groups is 1. The fourth-order valence-electron chi connectivity index (χ4n) is 2.59. The van der Waals surface area contributed by atoms with Crippen LogP contribution in [0.2, 0.25) is 0 Å².